The number of anilines is 1. The molecular formula is C21H17BrN2O3. The molecule has 0 saturated carbocycles. The lowest BCUT2D eigenvalue weighted by atomic mass is 9.87. The highest BCUT2D eigenvalue weighted by Gasteiger charge is 2.38. The van der Waals surface area contributed by atoms with Crippen molar-refractivity contribution >= 4 is 33.5 Å². The third-order valence-electron chi connectivity index (χ3n) is 4.83. The van der Waals surface area contributed by atoms with Crippen LogP contribution in [0.4, 0.5) is 5.69 Å². The molecule has 4 rings (SSSR count). The molecule has 0 unspecified atom stereocenters. The van der Waals surface area contributed by atoms with E-state index in [1.54, 1.807) is 0 Å². The first-order chi connectivity index (χ1) is 13.0. The fourth-order valence-corrected chi connectivity index (χ4v) is 3.90. The van der Waals surface area contributed by atoms with E-state index in [0.717, 1.165) is 27.0 Å². The molecule has 2 heterocycles. The molecule has 0 fully saturated rings. The van der Waals surface area contributed by atoms with Crippen molar-refractivity contribution < 1.29 is 14.3 Å². The average molecular weight is 425 g/mol. The summed E-state index contributed by atoms with van der Waals surface area (Å²) >= 11 is 3.44. The number of carbonyl (C=O) groups excluding carboxylic acids is 2. The largest absolute Gasteiger partial charge is 0.465 e. The highest BCUT2D eigenvalue weighted by molar-refractivity contribution is 9.10. The zero-order valence-corrected chi connectivity index (χ0v) is 16.4. The molecule has 0 spiro atoms. The van der Waals surface area contributed by atoms with E-state index in [2.05, 4.69) is 26.2 Å². The van der Waals surface area contributed by atoms with Crippen LogP contribution in [-0.4, -0.2) is 24.0 Å². The minimum atomic E-state index is -0.584. The van der Waals surface area contributed by atoms with Crippen LogP contribution in [0.3, 0.4) is 0 Å². The number of methoxy groups -OCH3 is 1. The minimum Gasteiger partial charge on any atom is -0.465 e. The summed E-state index contributed by atoms with van der Waals surface area (Å²) in [4.78, 5) is 28.7. The van der Waals surface area contributed by atoms with Gasteiger partial charge in [0, 0.05) is 21.4 Å². The summed E-state index contributed by atoms with van der Waals surface area (Å²) < 4.78 is 5.96. The first kappa shape index (κ1) is 17.5. The molecule has 1 aliphatic heterocycles. The van der Waals surface area contributed by atoms with Gasteiger partial charge in [0.1, 0.15) is 0 Å². The van der Waals surface area contributed by atoms with Crippen molar-refractivity contribution in [2.75, 3.05) is 12.4 Å². The number of esters is 1. The lowest BCUT2D eigenvalue weighted by molar-refractivity contribution is -0.116. The monoisotopic (exact) mass is 424 g/mol. The maximum Gasteiger partial charge on any atom is 0.340 e. The van der Waals surface area contributed by atoms with Crippen LogP contribution in [0, 0.1) is 6.92 Å². The number of hydrogen-bond donors (Lipinski definition) is 2. The summed E-state index contributed by atoms with van der Waals surface area (Å²) in [5.74, 6) is -1.20. The predicted octanol–water partition coefficient (Wildman–Crippen LogP) is 4.62. The van der Waals surface area contributed by atoms with Crippen LogP contribution in [0.2, 0.25) is 0 Å². The maximum absolute atomic E-state index is 12.9. The minimum absolute atomic E-state index is 0.154. The number of para-hydroxylation sites is 1. The summed E-state index contributed by atoms with van der Waals surface area (Å²) in [6, 6.07) is 15.3. The lowest BCUT2D eigenvalue weighted by Crippen LogP contribution is -2.17. The van der Waals surface area contributed by atoms with E-state index in [4.69, 9.17) is 4.74 Å². The fourth-order valence-electron chi connectivity index (χ4n) is 3.64. The Morgan fingerprint density at radius 3 is 2.52 bits per heavy atom. The molecule has 6 heteroatoms. The van der Waals surface area contributed by atoms with Crippen LogP contribution < -0.4 is 5.32 Å². The van der Waals surface area contributed by atoms with Gasteiger partial charge in [0.2, 0.25) is 5.91 Å². The highest BCUT2D eigenvalue weighted by Crippen LogP contribution is 2.43. The zero-order valence-electron chi connectivity index (χ0n) is 14.8. The van der Waals surface area contributed by atoms with E-state index in [-0.39, 0.29) is 5.91 Å². The van der Waals surface area contributed by atoms with Gasteiger partial charge in [-0.2, -0.15) is 0 Å². The Morgan fingerprint density at radius 2 is 1.81 bits per heavy atom. The number of ether oxygens (including phenoxy) is 1. The molecule has 0 saturated heterocycles. The first-order valence-electron chi connectivity index (χ1n) is 8.47. The molecule has 1 aliphatic rings. The predicted molar refractivity (Wildman–Crippen MR) is 107 cm³/mol. The number of halogens is 1. The van der Waals surface area contributed by atoms with E-state index in [1.807, 2.05) is 55.5 Å². The van der Waals surface area contributed by atoms with Crippen LogP contribution in [0.15, 0.2) is 53.0 Å². The Labute approximate surface area is 164 Å². The van der Waals surface area contributed by atoms with Crippen LogP contribution in [0.25, 0.3) is 11.3 Å². The first-order valence-corrected chi connectivity index (χ1v) is 9.27. The van der Waals surface area contributed by atoms with Crippen molar-refractivity contribution in [1.29, 1.82) is 0 Å². The standard InChI is InChI=1S/C21H17BrN2O3/c1-11-16(21(26)27-2)18(19(23-11)12-7-9-13(22)10-8-12)17-14-5-3-4-6-15(14)24-20(17)25/h3-10,17,23H,1-2H3,(H,24,25)/t17-/m0/s1. The number of amides is 1. The van der Waals surface area contributed by atoms with Crippen molar-refractivity contribution in [1.82, 2.24) is 4.98 Å². The van der Waals surface area contributed by atoms with Gasteiger partial charge in [-0.1, -0.05) is 46.3 Å². The number of benzene rings is 2. The van der Waals surface area contributed by atoms with E-state index in [1.165, 1.54) is 7.11 Å². The number of H-pyrrole nitrogens is 1. The van der Waals surface area contributed by atoms with Crippen molar-refractivity contribution in [3.05, 3.63) is 75.4 Å². The Kier molecular flexibility index (Phi) is 4.36. The normalized spacial score (nSPS) is 15.4. The Hall–Kier alpha value is -2.86. The van der Waals surface area contributed by atoms with Crippen LogP contribution in [-0.2, 0) is 9.53 Å². The van der Waals surface area contributed by atoms with Gasteiger partial charge in [-0.15, -0.1) is 0 Å². The Bertz CT molecular complexity index is 1050. The second kappa shape index (κ2) is 6.70. The molecule has 2 aromatic carbocycles. The van der Waals surface area contributed by atoms with Gasteiger partial charge in [-0.3, -0.25) is 4.79 Å². The number of carbonyl (C=O) groups is 2. The molecule has 0 radical (unpaired) electrons. The molecule has 27 heavy (non-hydrogen) atoms. The second-order valence-corrected chi connectivity index (χ2v) is 7.34. The molecule has 3 aromatic rings. The van der Waals surface area contributed by atoms with Gasteiger partial charge in [0.25, 0.3) is 0 Å². The quantitative estimate of drug-likeness (QED) is 0.602. The van der Waals surface area contributed by atoms with E-state index >= 15 is 0 Å². The number of nitrogens with one attached hydrogen (secondary N) is 2. The number of hydrogen-bond acceptors (Lipinski definition) is 3. The third-order valence-corrected chi connectivity index (χ3v) is 5.36. The van der Waals surface area contributed by atoms with Crippen LogP contribution >= 0.6 is 15.9 Å². The van der Waals surface area contributed by atoms with Gasteiger partial charge < -0.3 is 15.0 Å². The van der Waals surface area contributed by atoms with Crippen molar-refractivity contribution in [3.8, 4) is 11.3 Å². The molecule has 5 nitrogen and oxygen atoms in total. The van der Waals surface area contributed by atoms with Gasteiger partial charge in [-0.25, -0.2) is 4.79 Å². The lowest BCUT2D eigenvalue weighted by Gasteiger charge is -2.13. The Balaban J connectivity index is 1.99. The SMILES string of the molecule is COC(=O)c1c(C)[nH]c(-c2ccc(Br)cc2)c1[C@H]1C(=O)Nc2ccccc21. The maximum atomic E-state index is 12.9. The van der Waals surface area contributed by atoms with Gasteiger partial charge in [0.05, 0.1) is 24.3 Å². The molecule has 1 amide bonds. The van der Waals surface area contributed by atoms with Crippen molar-refractivity contribution in [3.63, 3.8) is 0 Å². The molecular weight excluding hydrogens is 408 g/mol. The summed E-state index contributed by atoms with van der Waals surface area (Å²) in [5.41, 5.74) is 4.98. The summed E-state index contributed by atoms with van der Waals surface area (Å²) in [7, 11) is 1.35. The average Bonchev–Trinajstić information content (AvgIpc) is 3.17. The molecule has 136 valence electrons. The fraction of sp³-hybridized carbons (Fsp3) is 0.143. The van der Waals surface area contributed by atoms with Crippen molar-refractivity contribution in [2.24, 2.45) is 0 Å². The topological polar surface area (TPSA) is 71.2 Å². The summed E-state index contributed by atoms with van der Waals surface area (Å²) in [6.07, 6.45) is 0. The number of rotatable bonds is 3. The molecule has 0 bridgehead atoms. The van der Waals surface area contributed by atoms with E-state index in [9.17, 15) is 9.59 Å². The van der Waals surface area contributed by atoms with Crippen LogP contribution in [0.1, 0.15) is 33.1 Å². The third kappa shape index (κ3) is 2.86. The van der Waals surface area contributed by atoms with E-state index in [0.29, 0.717) is 16.8 Å². The van der Waals surface area contributed by atoms with Crippen molar-refractivity contribution in [2.45, 2.75) is 12.8 Å². The summed E-state index contributed by atoms with van der Waals surface area (Å²) in [5, 5.41) is 2.91. The van der Waals surface area contributed by atoms with Gasteiger partial charge in [0.15, 0.2) is 0 Å². The number of aryl methyl sites for hydroxylation is 1. The molecule has 1 atom stereocenters. The number of aromatic nitrogens is 1. The van der Waals surface area contributed by atoms with Gasteiger partial charge in [-0.05, 0) is 36.2 Å². The number of aromatic amines is 1. The van der Waals surface area contributed by atoms with E-state index < -0.39 is 11.9 Å². The van der Waals surface area contributed by atoms with Gasteiger partial charge >= 0.3 is 5.97 Å². The summed E-state index contributed by atoms with van der Waals surface area (Å²) in [6.45, 7) is 1.82. The smallest absolute Gasteiger partial charge is 0.340 e. The second-order valence-electron chi connectivity index (χ2n) is 6.42. The number of fused-ring (bicyclic) bond motifs is 1. The molecule has 0 aliphatic carbocycles. The zero-order chi connectivity index (χ0) is 19.1. The molecule has 2 N–H and O–H groups in total. The molecule has 1 aromatic heterocycles. The Morgan fingerprint density at radius 1 is 1.11 bits per heavy atom. The van der Waals surface area contributed by atoms with Crippen LogP contribution in [0.5, 0.6) is 0 Å². The highest BCUT2D eigenvalue weighted by atomic mass is 79.9.